The summed E-state index contributed by atoms with van der Waals surface area (Å²) in [6.07, 6.45) is 1.60. The van der Waals surface area contributed by atoms with Crippen molar-refractivity contribution in [1.29, 1.82) is 0 Å². The number of pyridine rings is 1. The van der Waals surface area contributed by atoms with Gasteiger partial charge in [0.2, 0.25) is 0 Å². The van der Waals surface area contributed by atoms with Crippen molar-refractivity contribution in [2.45, 2.75) is 45.8 Å². The van der Waals surface area contributed by atoms with E-state index in [0.29, 0.717) is 5.69 Å². The summed E-state index contributed by atoms with van der Waals surface area (Å²) in [4.78, 5) is 16.3. The second kappa shape index (κ2) is 6.28. The van der Waals surface area contributed by atoms with E-state index < -0.39 is 7.12 Å². The van der Waals surface area contributed by atoms with Crippen molar-refractivity contribution in [3.05, 3.63) is 53.9 Å². The highest BCUT2D eigenvalue weighted by atomic mass is 16.7. The molecule has 0 unspecified atom stereocenters. The molecule has 1 amide bonds. The molecule has 0 radical (unpaired) electrons. The number of rotatable bonds is 3. The van der Waals surface area contributed by atoms with E-state index in [1.54, 1.807) is 24.4 Å². The highest BCUT2D eigenvalue weighted by Gasteiger charge is 2.51. The number of anilines is 1. The molecule has 0 bridgehead atoms. The third-order valence-corrected chi connectivity index (χ3v) is 4.92. The summed E-state index contributed by atoms with van der Waals surface area (Å²) in [6, 6.07) is 11.0. The maximum Gasteiger partial charge on any atom is 0.494 e. The van der Waals surface area contributed by atoms with E-state index >= 15 is 0 Å². The summed E-state index contributed by atoms with van der Waals surface area (Å²) >= 11 is 0. The van der Waals surface area contributed by atoms with Crippen molar-refractivity contribution in [1.82, 2.24) is 4.98 Å². The smallest absolute Gasteiger partial charge is 0.399 e. The van der Waals surface area contributed by atoms with Gasteiger partial charge in [-0.3, -0.25) is 9.78 Å². The van der Waals surface area contributed by atoms with Crippen LogP contribution in [0.2, 0.25) is 0 Å². The Morgan fingerprint density at radius 3 is 2.32 bits per heavy atom. The van der Waals surface area contributed by atoms with Crippen LogP contribution in [0.15, 0.2) is 42.6 Å². The first kappa shape index (κ1) is 17.6. The van der Waals surface area contributed by atoms with Gasteiger partial charge in [0, 0.05) is 11.9 Å². The minimum absolute atomic E-state index is 0.230. The lowest BCUT2D eigenvalue weighted by molar-refractivity contribution is 0.00578. The molecule has 1 saturated heterocycles. The Morgan fingerprint density at radius 1 is 1.08 bits per heavy atom. The SMILES string of the molecule is Cc1cc(B2OC(C)(C)C(C)(C)O2)ccc1NC(=O)c1ccccn1. The lowest BCUT2D eigenvalue weighted by atomic mass is 9.78. The molecule has 1 fully saturated rings. The van der Waals surface area contributed by atoms with Crippen LogP contribution in [-0.2, 0) is 9.31 Å². The number of carbonyl (C=O) groups excluding carboxylic acids is 1. The number of nitrogens with zero attached hydrogens (tertiary/aromatic N) is 1. The monoisotopic (exact) mass is 338 g/mol. The Bertz CT molecular complexity index is 775. The van der Waals surface area contributed by atoms with Crippen LogP contribution in [0.1, 0.15) is 43.7 Å². The molecule has 6 heteroatoms. The van der Waals surface area contributed by atoms with Crippen LogP contribution in [0.25, 0.3) is 0 Å². The minimum atomic E-state index is -0.413. The third-order valence-electron chi connectivity index (χ3n) is 4.92. The molecule has 0 aliphatic carbocycles. The molecule has 0 atom stereocenters. The van der Waals surface area contributed by atoms with Crippen molar-refractivity contribution >= 4 is 24.2 Å². The standard InChI is InChI=1S/C19H23BN2O3/c1-13-12-14(20-24-18(2,3)19(4,5)25-20)9-10-15(13)22-17(23)16-8-6-7-11-21-16/h6-12H,1-5H3,(H,22,23). The van der Waals surface area contributed by atoms with Gasteiger partial charge in [0.15, 0.2) is 0 Å². The van der Waals surface area contributed by atoms with Crippen LogP contribution in [0.5, 0.6) is 0 Å². The molecule has 1 aromatic carbocycles. The van der Waals surface area contributed by atoms with Gasteiger partial charge >= 0.3 is 7.12 Å². The van der Waals surface area contributed by atoms with E-state index in [4.69, 9.17) is 9.31 Å². The molecule has 25 heavy (non-hydrogen) atoms. The van der Waals surface area contributed by atoms with Crippen molar-refractivity contribution in [2.75, 3.05) is 5.32 Å². The molecule has 5 nitrogen and oxygen atoms in total. The highest BCUT2D eigenvalue weighted by molar-refractivity contribution is 6.62. The largest absolute Gasteiger partial charge is 0.494 e. The van der Waals surface area contributed by atoms with Crippen molar-refractivity contribution in [3.63, 3.8) is 0 Å². The Hall–Kier alpha value is -2.18. The Balaban J connectivity index is 1.77. The van der Waals surface area contributed by atoms with Crippen LogP contribution >= 0.6 is 0 Å². The van der Waals surface area contributed by atoms with Crippen LogP contribution < -0.4 is 10.8 Å². The van der Waals surface area contributed by atoms with E-state index in [1.807, 2.05) is 52.8 Å². The first-order valence-electron chi connectivity index (χ1n) is 8.38. The van der Waals surface area contributed by atoms with Crippen LogP contribution in [-0.4, -0.2) is 29.2 Å². The molecule has 1 aromatic heterocycles. The van der Waals surface area contributed by atoms with E-state index in [9.17, 15) is 4.79 Å². The predicted molar refractivity (Wildman–Crippen MR) is 99.1 cm³/mol. The molecule has 0 spiro atoms. The Labute approximate surface area is 148 Å². The van der Waals surface area contributed by atoms with E-state index in [2.05, 4.69) is 10.3 Å². The lowest BCUT2D eigenvalue weighted by Crippen LogP contribution is -2.41. The second-order valence-corrected chi connectivity index (χ2v) is 7.33. The molecule has 130 valence electrons. The van der Waals surface area contributed by atoms with E-state index in [-0.39, 0.29) is 17.1 Å². The van der Waals surface area contributed by atoms with Crippen molar-refractivity contribution < 1.29 is 14.1 Å². The zero-order valence-corrected chi connectivity index (χ0v) is 15.3. The molecule has 1 aliphatic rings. The second-order valence-electron chi connectivity index (χ2n) is 7.33. The van der Waals surface area contributed by atoms with Gasteiger partial charge in [-0.2, -0.15) is 0 Å². The molecule has 3 rings (SSSR count). The van der Waals surface area contributed by atoms with Gasteiger partial charge in [0.05, 0.1) is 11.2 Å². The Kier molecular flexibility index (Phi) is 4.43. The number of aromatic nitrogens is 1. The maximum atomic E-state index is 12.3. The average Bonchev–Trinajstić information content (AvgIpc) is 2.78. The van der Waals surface area contributed by atoms with Crippen molar-refractivity contribution in [2.24, 2.45) is 0 Å². The van der Waals surface area contributed by atoms with E-state index in [1.165, 1.54) is 0 Å². The average molecular weight is 338 g/mol. The number of hydrogen-bond acceptors (Lipinski definition) is 4. The van der Waals surface area contributed by atoms with Gasteiger partial charge in [0.25, 0.3) is 5.91 Å². The number of benzene rings is 1. The normalized spacial score (nSPS) is 18.2. The number of nitrogens with one attached hydrogen (secondary N) is 1. The quantitative estimate of drug-likeness (QED) is 0.874. The van der Waals surface area contributed by atoms with Gasteiger partial charge in [-0.1, -0.05) is 18.2 Å². The molecular formula is C19H23BN2O3. The van der Waals surface area contributed by atoms with Crippen LogP contribution in [0.3, 0.4) is 0 Å². The van der Waals surface area contributed by atoms with Gasteiger partial charge in [-0.15, -0.1) is 0 Å². The highest BCUT2D eigenvalue weighted by Crippen LogP contribution is 2.36. The molecule has 0 saturated carbocycles. The summed E-state index contributed by atoms with van der Waals surface area (Å²) in [5.74, 6) is -0.230. The Morgan fingerprint density at radius 2 is 1.76 bits per heavy atom. The number of aryl methyl sites for hydroxylation is 1. The molecular weight excluding hydrogens is 315 g/mol. The molecule has 1 N–H and O–H groups in total. The first-order valence-corrected chi connectivity index (χ1v) is 8.38. The summed E-state index contributed by atoms with van der Waals surface area (Å²) in [7, 11) is -0.413. The lowest BCUT2D eigenvalue weighted by Gasteiger charge is -2.32. The fourth-order valence-corrected chi connectivity index (χ4v) is 2.64. The molecule has 1 aliphatic heterocycles. The van der Waals surface area contributed by atoms with Gasteiger partial charge < -0.3 is 14.6 Å². The zero-order valence-electron chi connectivity index (χ0n) is 15.3. The van der Waals surface area contributed by atoms with Crippen LogP contribution in [0, 0.1) is 6.92 Å². The molecule has 2 aromatic rings. The van der Waals surface area contributed by atoms with Gasteiger partial charge in [0.1, 0.15) is 5.69 Å². The molecule has 2 heterocycles. The van der Waals surface area contributed by atoms with Gasteiger partial charge in [-0.25, -0.2) is 0 Å². The zero-order chi connectivity index (χ0) is 18.2. The number of hydrogen-bond donors (Lipinski definition) is 1. The predicted octanol–water partition coefficient (Wildman–Crippen LogP) is 2.94. The van der Waals surface area contributed by atoms with Gasteiger partial charge in [-0.05, 0) is 63.8 Å². The van der Waals surface area contributed by atoms with E-state index in [0.717, 1.165) is 16.7 Å². The maximum absolute atomic E-state index is 12.3. The minimum Gasteiger partial charge on any atom is -0.399 e. The fraction of sp³-hybridized carbons (Fsp3) is 0.368. The van der Waals surface area contributed by atoms with Crippen molar-refractivity contribution in [3.8, 4) is 0 Å². The first-order chi connectivity index (χ1) is 11.7. The summed E-state index contributed by atoms with van der Waals surface area (Å²) in [5.41, 5.74) is 2.26. The summed E-state index contributed by atoms with van der Waals surface area (Å²) in [6.45, 7) is 10.1. The van der Waals surface area contributed by atoms with Crippen LogP contribution in [0.4, 0.5) is 5.69 Å². The number of carbonyl (C=O) groups is 1. The number of amides is 1. The summed E-state index contributed by atoms with van der Waals surface area (Å²) < 4.78 is 12.2. The summed E-state index contributed by atoms with van der Waals surface area (Å²) in [5, 5.41) is 2.89. The third kappa shape index (κ3) is 3.46. The fourth-order valence-electron chi connectivity index (χ4n) is 2.64. The topological polar surface area (TPSA) is 60.5 Å².